The summed E-state index contributed by atoms with van der Waals surface area (Å²) in [7, 11) is 0. The molecule has 9 heteroatoms. The minimum atomic E-state index is -1.43. The Morgan fingerprint density at radius 1 is 0.909 bits per heavy atom. The molecule has 0 radical (unpaired) electrons. The Labute approximate surface area is 193 Å². The molecule has 1 fully saturated rings. The molecule has 0 bridgehead atoms. The Bertz CT molecular complexity index is 1270. The highest BCUT2D eigenvalue weighted by atomic mass is 32.2. The molecule has 1 aliphatic heterocycles. The molecular weight excluding hydrogens is 438 g/mol. The number of nitrogens with zero attached hydrogens (tertiary/aromatic N) is 2. The number of benzene rings is 3. The van der Waals surface area contributed by atoms with Gasteiger partial charge in [-0.15, -0.1) is 0 Å². The summed E-state index contributed by atoms with van der Waals surface area (Å²) in [5.41, 5.74) is 3.88. The molecule has 0 atom stereocenters. The summed E-state index contributed by atoms with van der Waals surface area (Å²) in [5.74, 6) is -1.10. The van der Waals surface area contributed by atoms with Gasteiger partial charge in [-0.1, -0.05) is 84.6 Å². The first-order chi connectivity index (χ1) is 16.1. The van der Waals surface area contributed by atoms with Gasteiger partial charge < -0.3 is 10.3 Å². The molecule has 0 aliphatic carbocycles. The quantitative estimate of drug-likeness (QED) is 0.305. The third kappa shape index (κ3) is 3.72. The van der Waals surface area contributed by atoms with Gasteiger partial charge in [-0.25, -0.2) is 9.78 Å². The molecule has 164 valence electrons. The predicted octanol–water partition coefficient (Wildman–Crippen LogP) is 3.18. The Balaban J connectivity index is 1.36. The number of nitrogens with one attached hydrogen (secondary N) is 3. The van der Waals surface area contributed by atoms with Crippen LogP contribution in [0, 0.1) is 0 Å². The van der Waals surface area contributed by atoms with Gasteiger partial charge in [0, 0.05) is 0 Å². The number of aromatic amines is 1. The van der Waals surface area contributed by atoms with Crippen molar-refractivity contribution in [3.05, 3.63) is 96.1 Å². The highest BCUT2D eigenvalue weighted by molar-refractivity contribution is 7.99. The van der Waals surface area contributed by atoms with E-state index in [4.69, 9.17) is 0 Å². The van der Waals surface area contributed by atoms with Crippen molar-refractivity contribution in [3.8, 4) is 0 Å². The number of urea groups is 1. The summed E-state index contributed by atoms with van der Waals surface area (Å²) < 4.78 is 0. The molecule has 4 aromatic rings. The van der Waals surface area contributed by atoms with Crippen LogP contribution in [-0.2, 0) is 15.1 Å². The smallest absolute Gasteiger partial charge is 0.333 e. The molecule has 0 saturated carbocycles. The lowest BCUT2D eigenvalue weighted by Crippen LogP contribution is -2.49. The number of hydrogen-bond donors (Lipinski definition) is 3. The molecule has 4 amide bonds. The van der Waals surface area contributed by atoms with Crippen LogP contribution in [0.3, 0.4) is 0 Å². The lowest BCUT2D eigenvalue weighted by atomic mass is 9.83. The van der Waals surface area contributed by atoms with Crippen LogP contribution in [0.15, 0.2) is 90.1 Å². The summed E-state index contributed by atoms with van der Waals surface area (Å²) in [6, 6.07) is 24.8. The van der Waals surface area contributed by atoms with Crippen molar-refractivity contribution in [2.24, 2.45) is 0 Å². The van der Waals surface area contributed by atoms with Gasteiger partial charge in [-0.2, -0.15) is 5.01 Å². The molecule has 5 rings (SSSR count). The van der Waals surface area contributed by atoms with Gasteiger partial charge in [-0.05, 0) is 23.3 Å². The molecule has 1 aromatic heterocycles. The molecule has 2 heterocycles. The summed E-state index contributed by atoms with van der Waals surface area (Å²) >= 11 is 1.18. The number of imidazole rings is 1. The van der Waals surface area contributed by atoms with E-state index in [1.54, 1.807) is 48.5 Å². The number of hydrogen-bond acceptors (Lipinski definition) is 5. The SMILES string of the molecule is O=C(CSc1nc2ccccc2[nH]1)NN1C(=O)NC(c2ccccc2)(c2ccccc2)C1=O. The normalized spacial score (nSPS) is 15.0. The summed E-state index contributed by atoms with van der Waals surface area (Å²) in [4.78, 5) is 46.6. The Morgan fingerprint density at radius 2 is 1.52 bits per heavy atom. The summed E-state index contributed by atoms with van der Waals surface area (Å²) in [6.07, 6.45) is 0. The number of aromatic nitrogens is 2. The summed E-state index contributed by atoms with van der Waals surface area (Å²) in [6.45, 7) is 0. The van der Waals surface area contributed by atoms with Gasteiger partial charge in [0.25, 0.3) is 5.91 Å². The van der Waals surface area contributed by atoms with E-state index in [1.165, 1.54) is 11.8 Å². The minimum Gasteiger partial charge on any atom is -0.333 e. The first kappa shape index (κ1) is 20.8. The number of para-hydroxylation sites is 2. The third-order valence-corrected chi connectivity index (χ3v) is 6.25. The maximum Gasteiger partial charge on any atom is 0.344 e. The number of H-pyrrole nitrogens is 1. The van der Waals surface area contributed by atoms with Crippen LogP contribution < -0.4 is 10.7 Å². The predicted molar refractivity (Wildman–Crippen MR) is 124 cm³/mol. The summed E-state index contributed by atoms with van der Waals surface area (Å²) in [5, 5.41) is 4.12. The maximum absolute atomic E-state index is 13.6. The topological polar surface area (TPSA) is 107 Å². The van der Waals surface area contributed by atoms with Crippen LogP contribution in [0.25, 0.3) is 11.0 Å². The first-order valence-electron chi connectivity index (χ1n) is 10.2. The van der Waals surface area contributed by atoms with Crippen LogP contribution in [0.5, 0.6) is 0 Å². The molecule has 0 unspecified atom stereocenters. The van der Waals surface area contributed by atoms with Gasteiger partial charge in [0.1, 0.15) is 0 Å². The second-order valence-corrected chi connectivity index (χ2v) is 8.40. The molecule has 1 aliphatic rings. The molecule has 8 nitrogen and oxygen atoms in total. The van der Waals surface area contributed by atoms with Crippen LogP contribution >= 0.6 is 11.8 Å². The monoisotopic (exact) mass is 457 g/mol. The van der Waals surface area contributed by atoms with Gasteiger partial charge in [0.2, 0.25) is 5.91 Å². The highest BCUT2D eigenvalue weighted by Gasteiger charge is 2.54. The van der Waals surface area contributed by atoms with Gasteiger partial charge in [0.15, 0.2) is 10.7 Å². The number of carbonyl (C=O) groups is 3. The maximum atomic E-state index is 13.6. The Hall–Kier alpha value is -4.11. The van der Waals surface area contributed by atoms with Crippen molar-refractivity contribution in [2.45, 2.75) is 10.7 Å². The Morgan fingerprint density at radius 3 is 2.15 bits per heavy atom. The zero-order valence-electron chi connectivity index (χ0n) is 17.3. The molecule has 33 heavy (non-hydrogen) atoms. The van der Waals surface area contributed by atoms with E-state index in [1.807, 2.05) is 36.4 Å². The van der Waals surface area contributed by atoms with Gasteiger partial charge in [0.05, 0.1) is 16.8 Å². The number of carbonyl (C=O) groups excluding carboxylic acids is 3. The van der Waals surface area contributed by atoms with E-state index in [-0.39, 0.29) is 5.75 Å². The molecule has 1 saturated heterocycles. The minimum absolute atomic E-state index is 0.0272. The van der Waals surface area contributed by atoms with Crippen molar-refractivity contribution in [1.82, 2.24) is 25.7 Å². The fourth-order valence-electron chi connectivity index (χ4n) is 3.85. The van der Waals surface area contributed by atoms with E-state index in [0.29, 0.717) is 16.3 Å². The van der Waals surface area contributed by atoms with E-state index >= 15 is 0 Å². The van der Waals surface area contributed by atoms with E-state index in [0.717, 1.165) is 16.0 Å². The average molecular weight is 458 g/mol. The zero-order valence-corrected chi connectivity index (χ0v) is 18.1. The second-order valence-electron chi connectivity index (χ2n) is 7.44. The van der Waals surface area contributed by atoms with E-state index in [2.05, 4.69) is 20.7 Å². The molecule has 3 N–H and O–H groups in total. The number of imide groups is 1. The fourth-order valence-corrected chi connectivity index (χ4v) is 4.53. The molecule has 3 aromatic carbocycles. The second kappa shape index (κ2) is 8.44. The van der Waals surface area contributed by atoms with Gasteiger partial charge in [-0.3, -0.25) is 15.0 Å². The number of hydrazine groups is 1. The first-order valence-corrected chi connectivity index (χ1v) is 11.2. The number of rotatable bonds is 6. The number of thioether (sulfide) groups is 1. The van der Waals surface area contributed by atoms with Crippen LogP contribution in [0.1, 0.15) is 11.1 Å². The number of fused-ring (bicyclic) bond motifs is 1. The average Bonchev–Trinajstić information content (AvgIpc) is 3.38. The highest BCUT2D eigenvalue weighted by Crippen LogP contribution is 2.35. The van der Waals surface area contributed by atoms with E-state index < -0.39 is 23.4 Å². The largest absolute Gasteiger partial charge is 0.344 e. The van der Waals surface area contributed by atoms with Crippen LogP contribution in [0.4, 0.5) is 4.79 Å². The molecule has 0 spiro atoms. The van der Waals surface area contributed by atoms with Crippen molar-refractivity contribution >= 4 is 40.6 Å². The molecular formula is C24H19N5O3S. The zero-order chi connectivity index (χ0) is 22.8. The van der Waals surface area contributed by atoms with Gasteiger partial charge >= 0.3 is 6.03 Å². The lowest BCUT2D eigenvalue weighted by molar-refractivity contribution is -0.137. The number of amides is 4. The fraction of sp³-hybridized carbons (Fsp3) is 0.0833. The Kier molecular flexibility index (Phi) is 5.31. The van der Waals surface area contributed by atoms with Crippen molar-refractivity contribution in [1.29, 1.82) is 0 Å². The van der Waals surface area contributed by atoms with Crippen molar-refractivity contribution < 1.29 is 14.4 Å². The van der Waals surface area contributed by atoms with Crippen LogP contribution in [-0.4, -0.2) is 38.6 Å². The lowest BCUT2D eigenvalue weighted by Gasteiger charge is -2.27. The van der Waals surface area contributed by atoms with E-state index in [9.17, 15) is 14.4 Å². The third-order valence-electron chi connectivity index (χ3n) is 5.38. The van der Waals surface area contributed by atoms with Crippen LogP contribution in [0.2, 0.25) is 0 Å². The van der Waals surface area contributed by atoms with Crippen molar-refractivity contribution in [2.75, 3.05) is 5.75 Å². The van der Waals surface area contributed by atoms with Crippen molar-refractivity contribution in [3.63, 3.8) is 0 Å². The standard InChI is InChI=1S/C24H19N5O3S/c30-20(15-33-22-25-18-13-7-8-14-19(18)26-22)28-29-21(31)24(27-23(29)32,16-9-3-1-4-10-16)17-11-5-2-6-12-17/h1-14H,15H2,(H,25,26)(H,27,32)(H,28,30).